The van der Waals surface area contributed by atoms with Gasteiger partial charge in [-0.1, -0.05) is 19.1 Å². The van der Waals surface area contributed by atoms with Crippen LogP contribution in [0, 0.1) is 6.92 Å². The molecule has 0 fully saturated rings. The second-order valence-electron chi connectivity index (χ2n) is 3.74. The van der Waals surface area contributed by atoms with Crippen molar-refractivity contribution in [2.75, 3.05) is 5.32 Å². The van der Waals surface area contributed by atoms with Crippen LogP contribution in [-0.4, -0.2) is 5.91 Å². The number of rotatable bonds is 0. The molecule has 0 bridgehead atoms. The van der Waals surface area contributed by atoms with E-state index in [1.54, 1.807) is 0 Å². The molecule has 13 heavy (non-hydrogen) atoms. The predicted octanol–water partition coefficient (Wildman–Crippen LogP) is 2.44. The van der Waals surface area contributed by atoms with Crippen molar-refractivity contribution >= 4 is 11.6 Å². The molecule has 0 aliphatic carbocycles. The summed E-state index contributed by atoms with van der Waals surface area (Å²) in [5.74, 6) is 0.481. The lowest BCUT2D eigenvalue weighted by atomic mass is 9.91. The molecule has 1 heterocycles. The summed E-state index contributed by atoms with van der Waals surface area (Å²) in [5.41, 5.74) is 3.43. The third kappa shape index (κ3) is 1.44. The Labute approximate surface area is 78.0 Å². The summed E-state index contributed by atoms with van der Waals surface area (Å²) in [7, 11) is 0. The fourth-order valence-electron chi connectivity index (χ4n) is 1.80. The Morgan fingerprint density at radius 2 is 2.23 bits per heavy atom. The molecule has 0 unspecified atom stereocenters. The maximum Gasteiger partial charge on any atom is 0.224 e. The number of fused-ring (bicyclic) bond motifs is 1. The molecule has 1 atom stereocenters. The summed E-state index contributed by atoms with van der Waals surface area (Å²) in [6.45, 7) is 4.12. The van der Waals surface area contributed by atoms with Gasteiger partial charge in [-0.05, 0) is 30.0 Å². The van der Waals surface area contributed by atoms with Crippen LogP contribution in [0.3, 0.4) is 0 Å². The lowest BCUT2D eigenvalue weighted by Crippen LogP contribution is -2.21. The van der Waals surface area contributed by atoms with Crippen LogP contribution >= 0.6 is 0 Å². The van der Waals surface area contributed by atoms with Gasteiger partial charge in [0, 0.05) is 12.1 Å². The van der Waals surface area contributed by atoms with E-state index in [0.29, 0.717) is 12.3 Å². The summed E-state index contributed by atoms with van der Waals surface area (Å²) >= 11 is 0. The standard InChI is InChI=1S/C11H13NO/c1-7-3-4-9-8(2)6-11(13)12-10(9)5-7/h3-5,8H,6H2,1-2H3,(H,12,13)/t8-/m0/s1. The third-order valence-corrected chi connectivity index (χ3v) is 2.51. The molecule has 1 amide bonds. The molecule has 68 valence electrons. The van der Waals surface area contributed by atoms with E-state index in [1.165, 1.54) is 11.1 Å². The summed E-state index contributed by atoms with van der Waals surface area (Å²) in [6.07, 6.45) is 0.607. The predicted molar refractivity (Wildman–Crippen MR) is 52.8 cm³/mol. The van der Waals surface area contributed by atoms with E-state index in [1.807, 2.05) is 13.0 Å². The first-order valence-electron chi connectivity index (χ1n) is 4.57. The minimum atomic E-state index is 0.130. The molecule has 2 nitrogen and oxygen atoms in total. The molecule has 0 spiro atoms. The van der Waals surface area contributed by atoms with E-state index < -0.39 is 0 Å². The van der Waals surface area contributed by atoms with Gasteiger partial charge in [-0.3, -0.25) is 4.79 Å². The second kappa shape index (κ2) is 2.87. The minimum absolute atomic E-state index is 0.130. The maximum atomic E-state index is 11.2. The van der Waals surface area contributed by atoms with Crippen molar-refractivity contribution in [2.45, 2.75) is 26.2 Å². The number of hydrogen-bond donors (Lipinski definition) is 1. The Morgan fingerprint density at radius 3 is 3.00 bits per heavy atom. The Balaban J connectivity index is 2.49. The highest BCUT2D eigenvalue weighted by Crippen LogP contribution is 2.31. The van der Waals surface area contributed by atoms with Gasteiger partial charge >= 0.3 is 0 Å². The molecule has 1 aromatic carbocycles. The first-order chi connectivity index (χ1) is 6.16. The third-order valence-electron chi connectivity index (χ3n) is 2.51. The first-order valence-corrected chi connectivity index (χ1v) is 4.57. The van der Waals surface area contributed by atoms with Crippen LogP contribution in [0.15, 0.2) is 18.2 Å². The van der Waals surface area contributed by atoms with Crippen LogP contribution in [0.5, 0.6) is 0 Å². The molecule has 1 aliphatic rings. The number of benzene rings is 1. The number of aryl methyl sites for hydroxylation is 1. The van der Waals surface area contributed by atoms with E-state index >= 15 is 0 Å². The van der Waals surface area contributed by atoms with E-state index in [9.17, 15) is 4.79 Å². The molecule has 0 saturated heterocycles. The zero-order valence-electron chi connectivity index (χ0n) is 7.92. The number of hydrogen-bond acceptors (Lipinski definition) is 1. The lowest BCUT2D eigenvalue weighted by Gasteiger charge is -2.22. The van der Waals surface area contributed by atoms with Crippen LogP contribution in [0.4, 0.5) is 5.69 Å². The topological polar surface area (TPSA) is 29.1 Å². The number of nitrogens with one attached hydrogen (secondary N) is 1. The quantitative estimate of drug-likeness (QED) is 0.644. The molecular formula is C11H13NO. The van der Waals surface area contributed by atoms with Crippen molar-refractivity contribution in [1.29, 1.82) is 0 Å². The summed E-state index contributed by atoms with van der Waals surface area (Å²) in [5, 5.41) is 2.89. The van der Waals surface area contributed by atoms with Gasteiger partial charge in [-0.25, -0.2) is 0 Å². The number of amides is 1. The monoisotopic (exact) mass is 175 g/mol. The highest BCUT2D eigenvalue weighted by molar-refractivity contribution is 5.94. The average molecular weight is 175 g/mol. The fraction of sp³-hybridized carbons (Fsp3) is 0.364. The van der Waals surface area contributed by atoms with Crippen LogP contribution in [0.25, 0.3) is 0 Å². The van der Waals surface area contributed by atoms with Gasteiger partial charge < -0.3 is 5.32 Å². The lowest BCUT2D eigenvalue weighted by molar-refractivity contribution is -0.116. The molecule has 1 aromatic rings. The highest BCUT2D eigenvalue weighted by Gasteiger charge is 2.20. The van der Waals surface area contributed by atoms with Crippen LogP contribution in [0.1, 0.15) is 30.4 Å². The second-order valence-corrected chi connectivity index (χ2v) is 3.74. The summed E-state index contributed by atoms with van der Waals surface area (Å²) < 4.78 is 0. The van der Waals surface area contributed by atoms with E-state index in [2.05, 4.69) is 24.4 Å². The summed E-state index contributed by atoms with van der Waals surface area (Å²) in [6, 6.07) is 6.23. The maximum absolute atomic E-state index is 11.2. The minimum Gasteiger partial charge on any atom is -0.326 e. The van der Waals surface area contributed by atoms with Crippen LogP contribution < -0.4 is 5.32 Å². The van der Waals surface area contributed by atoms with Gasteiger partial charge in [0.15, 0.2) is 0 Å². The van der Waals surface area contributed by atoms with Gasteiger partial charge in [0.05, 0.1) is 0 Å². The Hall–Kier alpha value is -1.31. The zero-order chi connectivity index (χ0) is 9.42. The van der Waals surface area contributed by atoms with Crippen molar-refractivity contribution < 1.29 is 4.79 Å². The fourth-order valence-corrected chi connectivity index (χ4v) is 1.80. The van der Waals surface area contributed by atoms with Gasteiger partial charge in [0.25, 0.3) is 0 Å². The number of anilines is 1. The van der Waals surface area contributed by atoms with Crippen molar-refractivity contribution in [3.63, 3.8) is 0 Å². The molecule has 1 N–H and O–H groups in total. The van der Waals surface area contributed by atoms with E-state index in [-0.39, 0.29) is 5.91 Å². The normalized spacial score (nSPS) is 20.8. The molecule has 1 aliphatic heterocycles. The van der Waals surface area contributed by atoms with Gasteiger partial charge in [-0.2, -0.15) is 0 Å². The van der Waals surface area contributed by atoms with E-state index in [4.69, 9.17) is 0 Å². The highest BCUT2D eigenvalue weighted by atomic mass is 16.1. The van der Waals surface area contributed by atoms with E-state index in [0.717, 1.165) is 5.69 Å². The summed E-state index contributed by atoms with van der Waals surface area (Å²) in [4.78, 5) is 11.2. The molecular weight excluding hydrogens is 162 g/mol. The molecule has 2 rings (SSSR count). The van der Waals surface area contributed by atoms with Crippen molar-refractivity contribution in [3.05, 3.63) is 29.3 Å². The zero-order valence-corrected chi connectivity index (χ0v) is 7.92. The average Bonchev–Trinajstić information content (AvgIpc) is 2.02. The SMILES string of the molecule is Cc1ccc2c(c1)NC(=O)C[C@@H]2C. The van der Waals surface area contributed by atoms with Crippen LogP contribution in [-0.2, 0) is 4.79 Å². The molecule has 2 heteroatoms. The van der Waals surface area contributed by atoms with Crippen molar-refractivity contribution in [1.82, 2.24) is 0 Å². The van der Waals surface area contributed by atoms with Crippen molar-refractivity contribution in [2.24, 2.45) is 0 Å². The van der Waals surface area contributed by atoms with Crippen molar-refractivity contribution in [3.8, 4) is 0 Å². The number of carbonyl (C=O) groups excluding carboxylic acids is 1. The molecule has 0 saturated carbocycles. The van der Waals surface area contributed by atoms with Gasteiger partial charge in [-0.15, -0.1) is 0 Å². The molecule has 0 aromatic heterocycles. The molecule has 0 radical (unpaired) electrons. The Kier molecular flexibility index (Phi) is 1.83. The number of carbonyl (C=O) groups is 1. The first kappa shape index (κ1) is 8.30. The van der Waals surface area contributed by atoms with Gasteiger partial charge in [0.2, 0.25) is 5.91 Å². The smallest absolute Gasteiger partial charge is 0.224 e. The Morgan fingerprint density at radius 1 is 1.46 bits per heavy atom. The largest absolute Gasteiger partial charge is 0.326 e. The van der Waals surface area contributed by atoms with Crippen LogP contribution in [0.2, 0.25) is 0 Å². The Bertz CT molecular complexity index is 357. The van der Waals surface area contributed by atoms with Gasteiger partial charge in [0.1, 0.15) is 0 Å².